The van der Waals surface area contributed by atoms with Crippen molar-refractivity contribution in [1.82, 2.24) is 19.9 Å². The van der Waals surface area contributed by atoms with E-state index in [1.807, 2.05) is 0 Å². The van der Waals surface area contributed by atoms with E-state index in [0.717, 1.165) is 9.80 Å². The highest BCUT2D eigenvalue weighted by atomic mass is 16.6. The molecule has 0 saturated carbocycles. The Bertz CT molecular complexity index is 1170. The Morgan fingerprint density at radius 1 is 1.03 bits per heavy atom. The predicted molar refractivity (Wildman–Crippen MR) is 104 cm³/mol. The van der Waals surface area contributed by atoms with Gasteiger partial charge in [0.25, 0.3) is 5.69 Å². The molecule has 0 aliphatic carbocycles. The zero-order valence-corrected chi connectivity index (χ0v) is 16.2. The number of urea groups is 1. The molecule has 4 rings (SSSR count). The number of amides is 4. The van der Waals surface area contributed by atoms with Crippen LogP contribution in [0.3, 0.4) is 0 Å². The molecule has 156 valence electrons. The first-order valence-corrected chi connectivity index (χ1v) is 9.18. The van der Waals surface area contributed by atoms with E-state index in [1.54, 1.807) is 37.3 Å². The Hall–Kier alpha value is -4.41. The molecule has 1 aromatic heterocycles. The van der Waals surface area contributed by atoms with Gasteiger partial charge in [-0.25, -0.2) is 14.6 Å². The molecule has 1 atom stereocenters. The van der Waals surface area contributed by atoms with Crippen LogP contribution in [0.15, 0.2) is 59.1 Å². The zero-order valence-electron chi connectivity index (χ0n) is 16.2. The third-order valence-corrected chi connectivity index (χ3v) is 4.85. The third kappa shape index (κ3) is 3.64. The lowest BCUT2D eigenvalue weighted by atomic mass is 10.1. The summed E-state index contributed by atoms with van der Waals surface area (Å²) in [6.07, 6.45) is 0. The Balaban J connectivity index is 1.52. The fourth-order valence-electron chi connectivity index (χ4n) is 3.19. The van der Waals surface area contributed by atoms with Crippen LogP contribution in [0.4, 0.5) is 10.5 Å². The van der Waals surface area contributed by atoms with Crippen molar-refractivity contribution in [3.05, 3.63) is 76.2 Å². The van der Waals surface area contributed by atoms with Crippen LogP contribution in [-0.4, -0.2) is 42.7 Å². The molecule has 1 saturated heterocycles. The average Bonchev–Trinajstić information content (AvgIpc) is 3.33. The van der Waals surface area contributed by atoms with Crippen LogP contribution in [0.2, 0.25) is 0 Å². The summed E-state index contributed by atoms with van der Waals surface area (Å²) in [5, 5.41) is 14.5. The lowest BCUT2D eigenvalue weighted by Gasteiger charge is -2.21. The van der Waals surface area contributed by atoms with Crippen molar-refractivity contribution in [2.75, 3.05) is 0 Å². The first-order chi connectivity index (χ1) is 14.9. The van der Waals surface area contributed by atoms with Gasteiger partial charge in [0.15, 0.2) is 0 Å². The highest BCUT2D eigenvalue weighted by Crippen LogP contribution is 2.27. The van der Waals surface area contributed by atoms with E-state index in [4.69, 9.17) is 4.52 Å². The van der Waals surface area contributed by atoms with Gasteiger partial charge in [-0.15, -0.1) is 0 Å². The van der Waals surface area contributed by atoms with Crippen molar-refractivity contribution in [3.8, 4) is 11.4 Å². The maximum atomic E-state index is 12.8. The monoisotopic (exact) mass is 421 g/mol. The molecule has 0 spiro atoms. The van der Waals surface area contributed by atoms with E-state index in [9.17, 15) is 24.5 Å². The first-order valence-electron chi connectivity index (χ1n) is 9.18. The van der Waals surface area contributed by atoms with E-state index in [-0.39, 0.29) is 23.9 Å². The number of aromatic nitrogens is 2. The van der Waals surface area contributed by atoms with E-state index in [2.05, 4.69) is 10.1 Å². The van der Waals surface area contributed by atoms with Gasteiger partial charge in [-0.2, -0.15) is 4.98 Å². The van der Waals surface area contributed by atoms with Crippen LogP contribution in [0.25, 0.3) is 11.4 Å². The number of rotatable bonds is 6. The molecule has 11 heteroatoms. The minimum Gasteiger partial charge on any atom is -0.337 e. The molecule has 0 radical (unpaired) electrons. The van der Waals surface area contributed by atoms with Crippen molar-refractivity contribution in [2.45, 2.75) is 19.5 Å². The Labute approximate surface area is 175 Å². The van der Waals surface area contributed by atoms with Crippen molar-refractivity contribution < 1.29 is 23.8 Å². The summed E-state index contributed by atoms with van der Waals surface area (Å²) >= 11 is 0. The molecule has 0 bridgehead atoms. The Morgan fingerprint density at radius 2 is 1.71 bits per heavy atom. The number of imide groups is 2. The minimum atomic E-state index is -0.983. The highest BCUT2D eigenvalue weighted by Gasteiger charge is 2.47. The minimum absolute atomic E-state index is 0.0583. The van der Waals surface area contributed by atoms with E-state index < -0.39 is 28.8 Å². The summed E-state index contributed by atoms with van der Waals surface area (Å²) < 4.78 is 5.10. The smallest absolute Gasteiger partial charge is 0.335 e. The molecular weight excluding hydrogens is 406 g/mol. The van der Waals surface area contributed by atoms with Gasteiger partial charge in [0.1, 0.15) is 6.54 Å². The van der Waals surface area contributed by atoms with Gasteiger partial charge < -0.3 is 4.52 Å². The Kier molecular flexibility index (Phi) is 4.99. The van der Waals surface area contributed by atoms with Crippen LogP contribution in [-0.2, 0) is 16.1 Å². The molecule has 1 aliphatic rings. The summed E-state index contributed by atoms with van der Waals surface area (Å²) in [5.74, 6) is -1.85. The molecule has 4 amide bonds. The average molecular weight is 421 g/mol. The number of carbonyl (C=O) groups excluding carboxylic acids is 3. The van der Waals surface area contributed by atoms with Crippen molar-refractivity contribution >= 4 is 23.5 Å². The van der Waals surface area contributed by atoms with Gasteiger partial charge in [0, 0.05) is 17.7 Å². The van der Waals surface area contributed by atoms with Gasteiger partial charge >= 0.3 is 17.8 Å². The second-order valence-electron chi connectivity index (χ2n) is 6.75. The quantitative estimate of drug-likeness (QED) is 0.256. The number of benzene rings is 2. The molecule has 2 heterocycles. The lowest BCUT2D eigenvalue weighted by molar-refractivity contribution is -0.384. The zero-order chi connectivity index (χ0) is 22.1. The van der Waals surface area contributed by atoms with Crippen LogP contribution in [0.5, 0.6) is 0 Å². The SMILES string of the molecule is CC(c1ccccc1)N1C(=O)C(=O)N(Cc2nc(-c3ccc([N+](=O)[O-])cc3)no2)C1=O. The standard InChI is InChI=1S/C20H15N5O6/c1-12(13-5-3-2-4-6-13)24-19(27)18(26)23(20(24)28)11-16-21-17(22-31-16)14-7-9-15(10-8-14)25(29)30/h2-10,12H,11H2,1H3. The summed E-state index contributed by atoms with van der Waals surface area (Å²) in [4.78, 5) is 53.6. The van der Waals surface area contributed by atoms with E-state index in [0.29, 0.717) is 11.1 Å². The molecule has 11 nitrogen and oxygen atoms in total. The van der Waals surface area contributed by atoms with Gasteiger partial charge in [0.2, 0.25) is 11.7 Å². The van der Waals surface area contributed by atoms with Crippen molar-refractivity contribution in [2.24, 2.45) is 0 Å². The molecular formula is C20H15N5O6. The number of nitrogens with zero attached hydrogens (tertiary/aromatic N) is 5. The van der Waals surface area contributed by atoms with E-state index >= 15 is 0 Å². The summed E-state index contributed by atoms with van der Waals surface area (Å²) in [6.45, 7) is 1.28. The normalized spacial score (nSPS) is 14.9. The fraction of sp³-hybridized carbons (Fsp3) is 0.150. The molecule has 3 aromatic rings. The highest BCUT2D eigenvalue weighted by molar-refractivity contribution is 6.44. The van der Waals surface area contributed by atoms with Crippen molar-refractivity contribution in [3.63, 3.8) is 0 Å². The van der Waals surface area contributed by atoms with Crippen LogP contribution in [0.1, 0.15) is 24.4 Å². The molecule has 1 unspecified atom stereocenters. The predicted octanol–water partition coefficient (Wildman–Crippen LogP) is 2.70. The van der Waals surface area contributed by atoms with E-state index in [1.165, 1.54) is 24.3 Å². The Morgan fingerprint density at radius 3 is 2.35 bits per heavy atom. The maximum Gasteiger partial charge on any atom is 0.335 e. The second kappa shape index (κ2) is 7.78. The maximum absolute atomic E-state index is 12.8. The van der Waals surface area contributed by atoms with Gasteiger partial charge in [-0.05, 0) is 24.6 Å². The van der Waals surface area contributed by atoms with Gasteiger partial charge in [0.05, 0.1) is 11.0 Å². The van der Waals surface area contributed by atoms with Crippen molar-refractivity contribution in [1.29, 1.82) is 0 Å². The number of carbonyl (C=O) groups is 3. The van der Waals surface area contributed by atoms with Crippen LogP contribution >= 0.6 is 0 Å². The second-order valence-corrected chi connectivity index (χ2v) is 6.75. The summed E-state index contributed by atoms with van der Waals surface area (Å²) in [6, 6.07) is 12.9. The van der Waals surface area contributed by atoms with Crippen LogP contribution < -0.4 is 0 Å². The molecule has 1 aliphatic heterocycles. The number of hydrogen-bond donors (Lipinski definition) is 0. The molecule has 0 N–H and O–H groups in total. The number of nitro benzene ring substituents is 1. The largest absolute Gasteiger partial charge is 0.337 e. The summed E-state index contributed by atoms with van der Waals surface area (Å²) in [5.41, 5.74) is 1.07. The number of nitro groups is 1. The van der Waals surface area contributed by atoms with Gasteiger partial charge in [-0.3, -0.25) is 19.7 Å². The molecule has 31 heavy (non-hydrogen) atoms. The first kappa shape index (κ1) is 19.9. The molecule has 1 fully saturated rings. The number of non-ortho nitro benzene ring substituents is 1. The summed E-state index contributed by atoms with van der Waals surface area (Å²) in [7, 11) is 0. The third-order valence-electron chi connectivity index (χ3n) is 4.85. The van der Waals surface area contributed by atoms with Gasteiger partial charge in [-0.1, -0.05) is 35.5 Å². The lowest BCUT2D eigenvalue weighted by Crippen LogP contribution is -2.35. The molecule has 2 aromatic carbocycles. The fourth-order valence-corrected chi connectivity index (χ4v) is 3.19. The van der Waals surface area contributed by atoms with Crippen LogP contribution in [0, 0.1) is 10.1 Å². The topological polar surface area (TPSA) is 140 Å². The number of hydrogen-bond acceptors (Lipinski definition) is 8.